The maximum absolute atomic E-state index is 6.41. The van der Waals surface area contributed by atoms with Gasteiger partial charge < -0.3 is 14.8 Å². The number of halogens is 2. The van der Waals surface area contributed by atoms with Gasteiger partial charge in [-0.3, -0.25) is 0 Å². The lowest BCUT2D eigenvalue weighted by Gasteiger charge is -2.22. The number of fused-ring (bicyclic) bond motifs is 3. The summed E-state index contributed by atoms with van der Waals surface area (Å²) in [6.45, 7) is 2.46. The number of ether oxygens (including phenoxy) is 2. The fourth-order valence-electron chi connectivity index (χ4n) is 3.59. The lowest BCUT2D eigenvalue weighted by molar-refractivity contribution is 0.214. The summed E-state index contributed by atoms with van der Waals surface area (Å²) in [6, 6.07) is 21.4. The number of nitrogens with zero attached hydrogens (tertiary/aromatic N) is 3. The third-order valence-electron chi connectivity index (χ3n) is 5.15. The summed E-state index contributed by atoms with van der Waals surface area (Å²) in [5, 5.41) is 13.3. The number of benzene rings is 3. The van der Waals surface area contributed by atoms with E-state index >= 15 is 0 Å². The molecule has 1 aliphatic heterocycles. The zero-order chi connectivity index (χ0) is 23.5. The molecule has 1 aromatic heterocycles. The summed E-state index contributed by atoms with van der Waals surface area (Å²) < 4.78 is 13.5. The average molecular weight is 556 g/mol. The van der Waals surface area contributed by atoms with E-state index in [1.54, 1.807) is 6.07 Å². The first kappa shape index (κ1) is 23.0. The van der Waals surface area contributed by atoms with Gasteiger partial charge in [0.05, 0.1) is 5.56 Å². The van der Waals surface area contributed by atoms with Crippen LogP contribution in [0.5, 0.6) is 11.6 Å². The van der Waals surface area contributed by atoms with Gasteiger partial charge in [0.15, 0.2) is 5.69 Å². The first-order chi connectivity index (χ1) is 16.6. The van der Waals surface area contributed by atoms with Crippen LogP contribution in [-0.4, -0.2) is 20.9 Å². The zero-order valence-electron chi connectivity index (χ0n) is 18.2. The van der Waals surface area contributed by atoms with Crippen molar-refractivity contribution in [3.05, 3.63) is 87.4 Å². The lowest BCUT2D eigenvalue weighted by Crippen LogP contribution is -2.18. The van der Waals surface area contributed by atoms with Crippen LogP contribution in [0, 0.1) is 0 Å². The molecule has 1 N–H and O–H groups in total. The summed E-state index contributed by atoms with van der Waals surface area (Å²) in [7, 11) is 0. The second-order valence-corrected chi connectivity index (χ2v) is 10.1. The summed E-state index contributed by atoms with van der Waals surface area (Å²) in [5.41, 5.74) is 4.08. The molecule has 3 aromatic carbocycles. The zero-order valence-corrected chi connectivity index (χ0v) is 21.3. The molecule has 2 heterocycles. The molecule has 5 rings (SSSR count). The highest BCUT2D eigenvalue weighted by Crippen LogP contribution is 2.42. The van der Waals surface area contributed by atoms with Crippen LogP contribution in [0.3, 0.4) is 0 Å². The standard InChI is InChI=1S/C25H20BrClN4O2S/c1-2-34-25-29-24-22(30-31-25)18-12-16(26)8-10-20(18)28-23(33-24)19-13-17(27)9-11-21(19)32-14-15-6-4-3-5-7-15/h3-13,23,28H,2,14H2,1H3/t23-/m0/s1. The van der Waals surface area contributed by atoms with E-state index in [1.807, 2.05) is 67.6 Å². The lowest BCUT2D eigenvalue weighted by atomic mass is 10.1. The van der Waals surface area contributed by atoms with Crippen LogP contribution >= 0.6 is 39.3 Å². The van der Waals surface area contributed by atoms with Crippen molar-refractivity contribution in [3.8, 4) is 22.9 Å². The maximum Gasteiger partial charge on any atom is 0.247 e. The molecule has 0 unspecified atom stereocenters. The molecule has 9 heteroatoms. The van der Waals surface area contributed by atoms with Crippen molar-refractivity contribution >= 4 is 45.0 Å². The highest BCUT2D eigenvalue weighted by atomic mass is 79.9. The molecule has 34 heavy (non-hydrogen) atoms. The second-order valence-electron chi connectivity index (χ2n) is 7.47. The van der Waals surface area contributed by atoms with E-state index in [0.29, 0.717) is 34.1 Å². The van der Waals surface area contributed by atoms with Crippen molar-refractivity contribution in [1.82, 2.24) is 15.2 Å². The van der Waals surface area contributed by atoms with Crippen molar-refractivity contribution in [2.75, 3.05) is 11.1 Å². The Labute approximate surface area is 215 Å². The first-order valence-corrected chi connectivity index (χ1v) is 12.8. The molecule has 0 bridgehead atoms. The number of rotatable bonds is 6. The fraction of sp³-hybridized carbons (Fsp3) is 0.160. The van der Waals surface area contributed by atoms with Crippen LogP contribution in [0.25, 0.3) is 11.3 Å². The highest BCUT2D eigenvalue weighted by molar-refractivity contribution is 9.10. The number of hydrogen-bond donors (Lipinski definition) is 1. The Kier molecular flexibility index (Phi) is 6.89. The van der Waals surface area contributed by atoms with E-state index in [-0.39, 0.29) is 0 Å². The second kappa shape index (κ2) is 10.2. The minimum absolute atomic E-state index is 0.397. The monoisotopic (exact) mass is 554 g/mol. The molecule has 1 aliphatic rings. The summed E-state index contributed by atoms with van der Waals surface area (Å²) >= 11 is 11.5. The highest BCUT2D eigenvalue weighted by Gasteiger charge is 2.28. The van der Waals surface area contributed by atoms with Gasteiger partial charge in [-0.25, -0.2) is 0 Å². The molecule has 0 fully saturated rings. The van der Waals surface area contributed by atoms with Gasteiger partial charge in [0, 0.05) is 20.7 Å². The predicted molar refractivity (Wildman–Crippen MR) is 139 cm³/mol. The smallest absolute Gasteiger partial charge is 0.247 e. The molecular weight excluding hydrogens is 536 g/mol. The molecule has 0 saturated carbocycles. The van der Waals surface area contributed by atoms with E-state index in [2.05, 4.69) is 36.4 Å². The Hall–Kier alpha value is -2.81. The number of nitrogens with one attached hydrogen (secondary N) is 1. The van der Waals surface area contributed by atoms with Crippen molar-refractivity contribution < 1.29 is 9.47 Å². The molecule has 0 aliphatic carbocycles. The Balaban J connectivity index is 1.56. The van der Waals surface area contributed by atoms with Crippen LogP contribution < -0.4 is 14.8 Å². The topological polar surface area (TPSA) is 69.2 Å². The van der Waals surface area contributed by atoms with Gasteiger partial charge in [-0.2, -0.15) is 4.98 Å². The van der Waals surface area contributed by atoms with Gasteiger partial charge >= 0.3 is 0 Å². The quantitative estimate of drug-likeness (QED) is 0.253. The van der Waals surface area contributed by atoms with Crippen molar-refractivity contribution in [2.24, 2.45) is 0 Å². The minimum Gasteiger partial charge on any atom is -0.488 e. The third kappa shape index (κ3) is 4.99. The molecule has 1 atom stereocenters. The number of thioether (sulfide) groups is 1. The maximum atomic E-state index is 6.41. The Bertz CT molecular complexity index is 1330. The molecule has 0 saturated heterocycles. The summed E-state index contributed by atoms with van der Waals surface area (Å²) in [5.74, 6) is 1.89. The van der Waals surface area contributed by atoms with E-state index in [0.717, 1.165) is 32.6 Å². The van der Waals surface area contributed by atoms with Crippen LogP contribution in [0.15, 0.2) is 76.4 Å². The van der Waals surface area contributed by atoms with E-state index in [1.165, 1.54) is 11.8 Å². The largest absolute Gasteiger partial charge is 0.488 e. The van der Waals surface area contributed by atoms with E-state index in [4.69, 9.17) is 21.1 Å². The first-order valence-electron chi connectivity index (χ1n) is 10.7. The normalized spacial score (nSPS) is 14.3. The van der Waals surface area contributed by atoms with E-state index in [9.17, 15) is 0 Å². The predicted octanol–water partition coefficient (Wildman–Crippen LogP) is 7.15. The van der Waals surface area contributed by atoms with Crippen LogP contribution in [0.4, 0.5) is 5.69 Å². The number of anilines is 1. The molecule has 0 radical (unpaired) electrons. The van der Waals surface area contributed by atoms with Gasteiger partial charge in [-0.15, -0.1) is 10.2 Å². The summed E-state index contributed by atoms with van der Waals surface area (Å²) in [4.78, 5) is 4.65. The van der Waals surface area contributed by atoms with Crippen LogP contribution in [0.2, 0.25) is 5.02 Å². The van der Waals surface area contributed by atoms with Crippen molar-refractivity contribution in [2.45, 2.75) is 24.9 Å². The van der Waals surface area contributed by atoms with E-state index < -0.39 is 6.23 Å². The van der Waals surface area contributed by atoms with Gasteiger partial charge in [-0.05, 0) is 47.7 Å². The van der Waals surface area contributed by atoms with Gasteiger partial charge in [0.25, 0.3) is 0 Å². The Morgan fingerprint density at radius 2 is 1.94 bits per heavy atom. The molecular formula is C25H20BrClN4O2S. The average Bonchev–Trinajstić information content (AvgIpc) is 3.00. The molecule has 6 nitrogen and oxygen atoms in total. The van der Waals surface area contributed by atoms with Gasteiger partial charge in [0.1, 0.15) is 12.4 Å². The number of hydrogen-bond acceptors (Lipinski definition) is 7. The molecule has 0 spiro atoms. The SMILES string of the molecule is CCSc1nnc2c(n1)O[C@@H](c1cc(Cl)ccc1OCc1ccccc1)Nc1ccc(Br)cc1-2. The van der Waals surface area contributed by atoms with Gasteiger partial charge in [-0.1, -0.05) is 76.5 Å². The number of aromatic nitrogens is 3. The van der Waals surface area contributed by atoms with Crippen LogP contribution in [0.1, 0.15) is 24.3 Å². The minimum atomic E-state index is -0.609. The molecule has 172 valence electrons. The third-order valence-corrected chi connectivity index (χ3v) is 6.60. The Morgan fingerprint density at radius 3 is 2.76 bits per heavy atom. The van der Waals surface area contributed by atoms with Crippen molar-refractivity contribution in [3.63, 3.8) is 0 Å². The summed E-state index contributed by atoms with van der Waals surface area (Å²) in [6.07, 6.45) is -0.609. The molecule has 0 amide bonds. The Morgan fingerprint density at radius 1 is 1.09 bits per heavy atom. The molecule has 4 aromatic rings. The van der Waals surface area contributed by atoms with Gasteiger partial charge in [0.2, 0.25) is 17.3 Å². The van der Waals surface area contributed by atoms with Crippen molar-refractivity contribution in [1.29, 1.82) is 0 Å². The fourth-order valence-corrected chi connectivity index (χ4v) is 4.64. The van der Waals surface area contributed by atoms with Crippen LogP contribution in [-0.2, 0) is 6.61 Å².